The van der Waals surface area contributed by atoms with Crippen LogP contribution in [0.5, 0.6) is 0 Å². The third-order valence-corrected chi connectivity index (χ3v) is 3.17. The Balaban J connectivity index is 2.77. The molecular formula is C13H23N3. The van der Waals surface area contributed by atoms with Crippen molar-refractivity contribution in [3.8, 4) is 0 Å². The van der Waals surface area contributed by atoms with Crippen LogP contribution in [0.2, 0.25) is 0 Å². The highest BCUT2D eigenvalue weighted by atomic mass is 15.1. The average Bonchev–Trinajstić information content (AvgIpc) is 2.35. The van der Waals surface area contributed by atoms with Gasteiger partial charge >= 0.3 is 0 Å². The highest BCUT2D eigenvalue weighted by Gasteiger charge is 2.12. The molecular weight excluding hydrogens is 198 g/mol. The number of pyridine rings is 1. The summed E-state index contributed by atoms with van der Waals surface area (Å²) in [4.78, 5) is 6.77. The Morgan fingerprint density at radius 1 is 1.44 bits per heavy atom. The Hall–Kier alpha value is -0.930. The van der Waals surface area contributed by atoms with Crippen LogP contribution in [0.15, 0.2) is 18.3 Å². The summed E-state index contributed by atoms with van der Waals surface area (Å²) in [6, 6.07) is 4.72. The molecule has 90 valence electrons. The molecule has 0 saturated carbocycles. The minimum absolute atomic E-state index is 0.522. The number of rotatable bonds is 6. The Bertz CT molecular complexity index is 312. The molecule has 0 aliphatic rings. The zero-order valence-electron chi connectivity index (χ0n) is 10.6. The monoisotopic (exact) mass is 221 g/mol. The van der Waals surface area contributed by atoms with E-state index in [9.17, 15) is 0 Å². The molecule has 3 nitrogen and oxygen atoms in total. The lowest BCUT2D eigenvalue weighted by atomic mass is 10.1. The lowest BCUT2D eigenvalue weighted by Crippen LogP contribution is -2.32. The predicted octanol–water partition coefficient (Wildman–Crippen LogP) is 2.16. The first-order valence-electron chi connectivity index (χ1n) is 6.09. The predicted molar refractivity (Wildman–Crippen MR) is 68.0 cm³/mol. The molecule has 0 aliphatic heterocycles. The Morgan fingerprint density at radius 2 is 2.19 bits per heavy atom. The van der Waals surface area contributed by atoms with Gasteiger partial charge in [-0.2, -0.15) is 0 Å². The van der Waals surface area contributed by atoms with E-state index in [0.29, 0.717) is 12.6 Å². The summed E-state index contributed by atoms with van der Waals surface area (Å²) in [7, 11) is 0. The molecule has 1 heterocycles. The first-order chi connectivity index (χ1) is 7.72. The average molecular weight is 221 g/mol. The van der Waals surface area contributed by atoms with Gasteiger partial charge in [0.1, 0.15) is 0 Å². The van der Waals surface area contributed by atoms with Crippen LogP contribution in [-0.2, 0) is 13.1 Å². The highest BCUT2D eigenvalue weighted by Crippen LogP contribution is 2.12. The third-order valence-electron chi connectivity index (χ3n) is 3.17. The van der Waals surface area contributed by atoms with E-state index in [1.54, 1.807) is 0 Å². The second kappa shape index (κ2) is 6.61. The van der Waals surface area contributed by atoms with E-state index < -0.39 is 0 Å². The Kier molecular flexibility index (Phi) is 5.43. The fraction of sp³-hybridized carbons (Fsp3) is 0.615. The van der Waals surface area contributed by atoms with Gasteiger partial charge in [0.25, 0.3) is 0 Å². The maximum Gasteiger partial charge on any atom is 0.0584 e. The molecule has 3 heteroatoms. The van der Waals surface area contributed by atoms with Gasteiger partial charge in [-0.1, -0.05) is 19.9 Å². The van der Waals surface area contributed by atoms with Crippen molar-refractivity contribution in [2.24, 2.45) is 5.73 Å². The summed E-state index contributed by atoms with van der Waals surface area (Å²) < 4.78 is 0. The second-order valence-corrected chi connectivity index (χ2v) is 4.13. The largest absolute Gasteiger partial charge is 0.325 e. The van der Waals surface area contributed by atoms with E-state index in [2.05, 4.69) is 36.7 Å². The van der Waals surface area contributed by atoms with Gasteiger partial charge in [0.05, 0.1) is 5.69 Å². The van der Waals surface area contributed by atoms with Crippen LogP contribution >= 0.6 is 0 Å². The number of aromatic nitrogens is 1. The number of nitrogens with zero attached hydrogens (tertiary/aromatic N) is 2. The summed E-state index contributed by atoms with van der Waals surface area (Å²) in [6.07, 6.45) is 2.98. The summed E-state index contributed by atoms with van der Waals surface area (Å²) in [5.41, 5.74) is 7.97. The van der Waals surface area contributed by atoms with Crippen molar-refractivity contribution >= 4 is 0 Å². The smallest absolute Gasteiger partial charge is 0.0584 e. The minimum atomic E-state index is 0.522. The summed E-state index contributed by atoms with van der Waals surface area (Å²) in [5, 5.41) is 0. The van der Waals surface area contributed by atoms with Crippen LogP contribution in [0.1, 0.15) is 38.4 Å². The molecule has 0 aromatic carbocycles. The van der Waals surface area contributed by atoms with Crippen molar-refractivity contribution in [3.05, 3.63) is 29.6 Å². The molecule has 0 radical (unpaired) electrons. The van der Waals surface area contributed by atoms with Gasteiger partial charge in [-0.25, -0.2) is 0 Å². The van der Waals surface area contributed by atoms with E-state index in [1.165, 1.54) is 12.0 Å². The molecule has 1 rings (SSSR count). The molecule has 0 bridgehead atoms. The lowest BCUT2D eigenvalue weighted by molar-refractivity contribution is 0.205. The van der Waals surface area contributed by atoms with Gasteiger partial charge in [0, 0.05) is 25.3 Å². The molecule has 0 amide bonds. The summed E-state index contributed by atoms with van der Waals surface area (Å²) in [6.45, 7) is 9.22. The van der Waals surface area contributed by atoms with Gasteiger partial charge in [-0.3, -0.25) is 9.88 Å². The van der Waals surface area contributed by atoms with E-state index in [-0.39, 0.29) is 0 Å². The fourth-order valence-electron chi connectivity index (χ4n) is 1.86. The number of hydrogen-bond donors (Lipinski definition) is 1. The van der Waals surface area contributed by atoms with E-state index in [0.717, 1.165) is 18.8 Å². The van der Waals surface area contributed by atoms with Gasteiger partial charge in [-0.15, -0.1) is 0 Å². The first-order valence-corrected chi connectivity index (χ1v) is 6.09. The summed E-state index contributed by atoms with van der Waals surface area (Å²) >= 11 is 0. The van der Waals surface area contributed by atoms with Crippen molar-refractivity contribution in [1.82, 2.24) is 9.88 Å². The fourth-order valence-corrected chi connectivity index (χ4v) is 1.86. The van der Waals surface area contributed by atoms with Crippen molar-refractivity contribution in [3.63, 3.8) is 0 Å². The zero-order valence-corrected chi connectivity index (χ0v) is 10.6. The van der Waals surface area contributed by atoms with Crippen molar-refractivity contribution < 1.29 is 0 Å². The molecule has 0 spiro atoms. The molecule has 16 heavy (non-hydrogen) atoms. The van der Waals surface area contributed by atoms with Gasteiger partial charge < -0.3 is 5.73 Å². The second-order valence-electron chi connectivity index (χ2n) is 4.13. The van der Waals surface area contributed by atoms with Crippen LogP contribution in [-0.4, -0.2) is 22.5 Å². The maximum absolute atomic E-state index is 5.70. The van der Waals surface area contributed by atoms with Crippen molar-refractivity contribution in [2.45, 2.75) is 46.3 Å². The summed E-state index contributed by atoms with van der Waals surface area (Å²) in [5.74, 6) is 0. The quantitative estimate of drug-likeness (QED) is 0.800. The molecule has 0 saturated heterocycles. The standard InChI is InChI=1S/C13H23N3/c1-4-11(3)16(5-2)10-12-7-6-8-15-13(12)9-14/h6-8,11H,4-5,9-10,14H2,1-3H3. The highest BCUT2D eigenvalue weighted by molar-refractivity contribution is 5.19. The molecule has 1 aromatic heterocycles. The Labute approximate surface area is 98.7 Å². The first kappa shape index (κ1) is 13.1. The zero-order chi connectivity index (χ0) is 12.0. The maximum atomic E-state index is 5.70. The van der Waals surface area contributed by atoms with Gasteiger partial charge in [-0.05, 0) is 31.5 Å². The van der Waals surface area contributed by atoms with Crippen LogP contribution in [0.25, 0.3) is 0 Å². The normalized spacial score (nSPS) is 13.1. The molecule has 2 N–H and O–H groups in total. The lowest BCUT2D eigenvalue weighted by Gasteiger charge is -2.27. The molecule has 1 aromatic rings. The topological polar surface area (TPSA) is 42.2 Å². The van der Waals surface area contributed by atoms with E-state index in [4.69, 9.17) is 5.73 Å². The molecule has 0 fully saturated rings. The van der Waals surface area contributed by atoms with Gasteiger partial charge in [0.15, 0.2) is 0 Å². The molecule has 1 unspecified atom stereocenters. The molecule has 0 aliphatic carbocycles. The van der Waals surface area contributed by atoms with Gasteiger partial charge in [0.2, 0.25) is 0 Å². The number of hydrogen-bond acceptors (Lipinski definition) is 3. The minimum Gasteiger partial charge on any atom is -0.325 e. The van der Waals surface area contributed by atoms with E-state index >= 15 is 0 Å². The SMILES string of the molecule is CCC(C)N(CC)Cc1cccnc1CN. The third kappa shape index (κ3) is 3.29. The Morgan fingerprint density at radius 3 is 2.75 bits per heavy atom. The van der Waals surface area contributed by atoms with Crippen LogP contribution in [0, 0.1) is 0 Å². The van der Waals surface area contributed by atoms with Crippen LogP contribution in [0.3, 0.4) is 0 Å². The van der Waals surface area contributed by atoms with Crippen molar-refractivity contribution in [2.75, 3.05) is 6.54 Å². The number of nitrogens with two attached hydrogens (primary N) is 1. The van der Waals surface area contributed by atoms with Crippen molar-refractivity contribution in [1.29, 1.82) is 0 Å². The molecule has 1 atom stereocenters. The van der Waals surface area contributed by atoms with Crippen LogP contribution < -0.4 is 5.73 Å². The van der Waals surface area contributed by atoms with E-state index in [1.807, 2.05) is 12.3 Å². The van der Waals surface area contributed by atoms with Crippen LogP contribution in [0.4, 0.5) is 0 Å².